The van der Waals surface area contributed by atoms with Crippen molar-refractivity contribution in [1.29, 1.82) is 0 Å². The number of rotatable bonds is 4. The summed E-state index contributed by atoms with van der Waals surface area (Å²) in [6.45, 7) is 3.32. The molecule has 0 aliphatic carbocycles. The lowest BCUT2D eigenvalue weighted by Gasteiger charge is -2.17. The highest BCUT2D eigenvalue weighted by Crippen LogP contribution is 2.26. The fourth-order valence-electron chi connectivity index (χ4n) is 2.30. The van der Waals surface area contributed by atoms with Crippen LogP contribution in [0.2, 0.25) is 0 Å². The first-order valence-corrected chi connectivity index (χ1v) is 6.75. The number of anilines is 1. The Kier molecular flexibility index (Phi) is 3.41. The zero-order chi connectivity index (χ0) is 13.9. The average Bonchev–Trinajstić information content (AvgIpc) is 2.85. The van der Waals surface area contributed by atoms with Crippen molar-refractivity contribution in [2.24, 2.45) is 0 Å². The minimum Gasteiger partial charge on any atom is -0.492 e. The Hall–Kier alpha value is -2.30. The summed E-state index contributed by atoms with van der Waals surface area (Å²) in [4.78, 5) is 11.3. The zero-order valence-electron chi connectivity index (χ0n) is 11.4. The van der Waals surface area contributed by atoms with Gasteiger partial charge in [0.2, 0.25) is 5.91 Å². The lowest BCUT2D eigenvalue weighted by molar-refractivity contribution is -0.116. The largest absolute Gasteiger partial charge is 0.492 e. The molecule has 0 bridgehead atoms. The molecule has 5 heteroatoms. The zero-order valence-corrected chi connectivity index (χ0v) is 11.4. The molecule has 2 aromatic rings. The molecular weight excluding hydrogens is 254 g/mol. The van der Waals surface area contributed by atoms with Crippen LogP contribution in [0.1, 0.15) is 17.5 Å². The lowest BCUT2D eigenvalue weighted by Crippen LogP contribution is -2.18. The van der Waals surface area contributed by atoms with Gasteiger partial charge in [0.05, 0.1) is 12.7 Å². The molecule has 2 heterocycles. The monoisotopic (exact) mass is 271 g/mol. The number of carbonyl (C=O) groups excluding carboxylic acids is 1. The summed E-state index contributed by atoms with van der Waals surface area (Å²) in [5.74, 6) is 0.920. The first-order chi connectivity index (χ1) is 9.70. The predicted octanol–water partition coefficient (Wildman–Crippen LogP) is 2.16. The number of nitrogens with zero attached hydrogens (tertiary/aromatic N) is 2. The number of aryl methyl sites for hydroxylation is 2. The molecule has 0 atom stereocenters. The van der Waals surface area contributed by atoms with E-state index in [0.29, 0.717) is 13.0 Å². The van der Waals surface area contributed by atoms with Crippen LogP contribution in [0, 0.1) is 6.92 Å². The first kappa shape index (κ1) is 12.7. The van der Waals surface area contributed by atoms with Crippen LogP contribution < -0.4 is 10.1 Å². The molecule has 1 aromatic carbocycles. The van der Waals surface area contributed by atoms with Gasteiger partial charge in [-0.1, -0.05) is 0 Å². The molecule has 0 radical (unpaired) electrons. The van der Waals surface area contributed by atoms with Gasteiger partial charge in [-0.15, -0.1) is 0 Å². The quantitative estimate of drug-likeness (QED) is 0.927. The van der Waals surface area contributed by atoms with Crippen LogP contribution in [-0.2, 0) is 17.8 Å². The van der Waals surface area contributed by atoms with E-state index < -0.39 is 0 Å². The highest BCUT2D eigenvalue weighted by atomic mass is 16.5. The van der Waals surface area contributed by atoms with E-state index in [2.05, 4.69) is 10.4 Å². The van der Waals surface area contributed by atoms with Crippen LogP contribution in [0.15, 0.2) is 30.6 Å². The molecule has 5 nitrogen and oxygen atoms in total. The van der Waals surface area contributed by atoms with Gasteiger partial charge in [0.1, 0.15) is 12.4 Å². The standard InChI is InChI=1S/C15H17N3O2/c1-11-9-16-18(10-11)6-7-20-13-3-4-14-12(8-13)2-5-15(19)17-14/h3-4,8-10H,2,5-7H2,1H3,(H,17,19). The van der Waals surface area contributed by atoms with E-state index in [-0.39, 0.29) is 5.91 Å². The van der Waals surface area contributed by atoms with Crippen molar-refractivity contribution in [2.45, 2.75) is 26.3 Å². The minimum atomic E-state index is 0.0835. The summed E-state index contributed by atoms with van der Waals surface area (Å²) in [5, 5.41) is 7.08. The van der Waals surface area contributed by atoms with Gasteiger partial charge in [-0.2, -0.15) is 5.10 Å². The second-order valence-electron chi connectivity index (χ2n) is 5.00. The Balaban J connectivity index is 1.59. The van der Waals surface area contributed by atoms with Gasteiger partial charge in [-0.05, 0) is 42.7 Å². The minimum absolute atomic E-state index is 0.0835. The molecule has 1 aromatic heterocycles. The molecule has 1 amide bonds. The number of amides is 1. The average molecular weight is 271 g/mol. The van der Waals surface area contributed by atoms with Crippen molar-refractivity contribution < 1.29 is 9.53 Å². The number of fused-ring (bicyclic) bond motifs is 1. The van der Waals surface area contributed by atoms with Crippen LogP contribution in [0.4, 0.5) is 5.69 Å². The molecule has 1 aliphatic heterocycles. The number of benzene rings is 1. The third-order valence-corrected chi connectivity index (χ3v) is 3.32. The molecule has 3 rings (SSSR count). The Labute approximate surface area is 117 Å². The van der Waals surface area contributed by atoms with Crippen molar-refractivity contribution in [3.8, 4) is 5.75 Å². The summed E-state index contributed by atoms with van der Waals surface area (Å²) >= 11 is 0. The van der Waals surface area contributed by atoms with E-state index >= 15 is 0 Å². The SMILES string of the molecule is Cc1cnn(CCOc2ccc3c(c2)CCC(=O)N3)c1. The Morgan fingerprint density at radius 3 is 3.10 bits per heavy atom. The van der Waals surface area contributed by atoms with Crippen molar-refractivity contribution in [2.75, 3.05) is 11.9 Å². The van der Waals surface area contributed by atoms with E-state index in [1.807, 2.05) is 42.2 Å². The topological polar surface area (TPSA) is 56.2 Å². The van der Waals surface area contributed by atoms with Crippen molar-refractivity contribution in [3.05, 3.63) is 41.7 Å². The van der Waals surface area contributed by atoms with Gasteiger partial charge < -0.3 is 10.1 Å². The smallest absolute Gasteiger partial charge is 0.224 e. The summed E-state index contributed by atoms with van der Waals surface area (Å²) in [5.41, 5.74) is 3.18. The second-order valence-corrected chi connectivity index (χ2v) is 5.00. The molecule has 0 unspecified atom stereocenters. The van der Waals surface area contributed by atoms with Crippen LogP contribution in [0.5, 0.6) is 5.75 Å². The molecule has 20 heavy (non-hydrogen) atoms. The normalized spacial score (nSPS) is 13.8. The molecule has 0 fully saturated rings. The third-order valence-electron chi connectivity index (χ3n) is 3.32. The van der Waals surface area contributed by atoms with Gasteiger partial charge >= 0.3 is 0 Å². The van der Waals surface area contributed by atoms with Crippen molar-refractivity contribution in [3.63, 3.8) is 0 Å². The molecule has 1 aliphatic rings. The van der Waals surface area contributed by atoms with Crippen LogP contribution in [-0.4, -0.2) is 22.3 Å². The molecule has 0 saturated carbocycles. The maximum Gasteiger partial charge on any atom is 0.224 e. The number of carbonyl (C=O) groups is 1. The second kappa shape index (κ2) is 5.36. The number of hydrogen-bond acceptors (Lipinski definition) is 3. The van der Waals surface area contributed by atoms with Crippen LogP contribution in [0.3, 0.4) is 0 Å². The van der Waals surface area contributed by atoms with Crippen molar-refractivity contribution in [1.82, 2.24) is 9.78 Å². The number of ether oxygens (including phenoxy) is 1. The van der Waals surface area contributed by atoms with E-state index in [1.165, 1.54) is 0 Å². The third kappa shape index (κ3) is 2.82. The highest BCUT2D eigenvalue weighted by Gasteiger charge is 2.14. The first-order valence-electron chi connectivity index (χ1n) is 6.75. The number of hydrogen-bond donors (Lipinski definition) is 1. The fraction of sp³-hybridized carbons (Fsp3) is 0.333. The van der Waals surface area contributed by atoms with Crippen molar-refractivity contribution >= 4 is 11.6 Å². The summed E-state index contributed by atoms with van der Waals surface area (Å²) in [6.07, 6.45) is 5.15. The van der Waals surface area contributed by atoms with Crippen LogP contribution in [0.25, 0.3) is 0 Å². The maximum absolute atomic E-state index is 11.3. The maximum atomic E-state index is 11.3. The summed E-state index contributed by atoms with van der Waals surface area (Å²) < 4.78 is 7.61. The van der Waals surface area contributed by atoms with E-state index in [1.54, 1.807) is 0 Å². The summed E-state index contributed by atoms with van der Waals surface area (Å²) in [7, 11) is 0. The molecular formula is C15H17N3O2. The Bertz CT molecular complexity index is 634. The van der Waals surface area contributed by atoms with Gasteiger partial charge in [0, 0.05) is 18.3 Å². The predicted molar refractivity (Wildman–Crippen MR) is 75.9 cm³/mol. The highest BCUT2D eigenvalue weighted by molar-refractivity contribution is 5.93. The van der Waals surface area contributed by atoms with E-state index in [4.69, 9.17) is 4.74 Å². The molecule has 0 spiro atoms. The summed E-state index contributed by atoms with van der Waals surface area (Å²) in [6, 6.07) is 5.79. The molecule has 1 N–H and O–H groups in total. The fourth-order valence-corrected chi connectivity index (χ4v) is 2.30. The molecule has 0 saturated heterocycles. The number of aromatic nitrogens is 2. The number of nitrogens with one attached hydrogen (secondary N) is 1. The van der Waals surface area contributed by atoms with Crippen LogP contribution >= 0.6 is 0 Å². The van der Waals surface area contributed by atoms with Gasteiger partial charge in [0.25, 0.3) is 0 Å². The van der Waals surface area contributed by atoms with Gasteiger partial charge in [0.15, 0.2) is 0 Å². The van der Waals surface area contributed by atoms with E-state index in [9.17, 15) is 4.79 Å². The lowest BCUT2D eigenvalue weighted by atomic mass is 10.0. The van der Waals surface area contributed by atoms with E-state index in [0.717, 1.165) is 35.5 Å². The Morgan fingerprint density at radius 2 is 2.30 bits per heavy atom. The molecule has 104 valence electrons. The van der Waals surface area contributed by atoms with Gasteiger partial charge in [-0.25, -0.2) is 0 Å². The van der Waals surface area contributed by atoms with Gasteiger partial charge in [-0.3, -0.25) is 9.48 Å². The Morgan fingerprint density at radius 1 is 1.40 bits per heavy atom.